The number of amides is 2. The summed E-state index contributed by atoms with van der Waals surface area (Å²) in [5.74, 6) is -0.253. The third kappa shape index (κ3) is 4.06. The largest absolute Gasteiger partial charge is 0.342 e. The zero-order chi connectivity index (χ0) is 21.6. The minimum absolute atomic E-state index is 0.175. The van der Waals surface area contributed by atoms with E-state index < -0.39 is 0 Å². The van der Waals surface area contributed by atoms with Crippen LogP contribution in [0.15, 0.2) is 52.0 Å². The van der Waals surface area contributed by atoms with Crippen LogP contribution < -0.4 is 0 Å². The number of halogens is 3. The standard InChI is InChI=1S/C22H17BrCl2N2O2S/c1-12(2)27-21(28)20(30-22(27)29)7-14-11-26(19-6-4-15(23)8-17(14)19)10-13-3-5-16(24)9-18(13)25/h3-9,11-12H,10H2,1-2H3/b20-7-. The van der Waals surface area contributed by atoms with Gasteiger partial charge in [0, 0.05) is 49.8 Å². The highest BCUT2D eigenvalue weighted by Crippen LogP contribution is 2.36. The van der Waals surface area contributed by atoms with Gasteiger partial charge in [0.1, 0.15) is 0 Å². The van der Waals surface area contributed by atoms with Crippen LogP contribution in [0.25, 0.3) is 17.0 Å². The minimum atomic E-state index is -0.253. The van der Waals surface area contributed by atoms with Gasteiger partial charge in [-0.1, -0.05) is 45.2 Å². The first-order valence-electron chi connectivity index (χ1n) is 9.24. The van der Waals surface area contributed by atoms with Crippen molar-refractivity contribution in [2.75, 3.05) is 0 Å². The number of imide groups is 1. The van der Waals surface area contributed by atoms with Crippen molar-refractivity contribution in [3.05, 3.63) is 73.1 Å². The molecule has 1 aliphatic heterocycles. The fourth-order valence-electron chi connectivity index (χ4n) is 3.44. The zero-order valence-corrected chi connectivity index (χ0v) is 20.1. The van der Waals surface area contributed by atoms with Crippen molar-refractivity contribution in [2.24, 2.45) is 0 Å². The molecule has 154 valence electrons. The van der Waals surface area contributed by atoms with Crippen LogP contribution in [-0.2, 0) is 11.3 Å². The highest BCUT2D eigenvalue weighted by atomic mass is 79.9. The number of carbonyl (C=O) groups is 2. The second-order valence-corrected chi connectivity index (χ2v) is 10.0. The third-order valence-corrected chi connectivity index (χ3v) is 6.82. The maximum Gasteiger partial charge on any atom is 0.293 e. The Morgan fingerprint density at radius 1 is 1.13 bits per heavy atom. The van der Waals surface area contributed by atoms with E-state index in [0.29, 0.717) is 21.5 Å². The molecule has 30 heavy (non-hydrogen) atoms. The summed E-state index contributed by atoms with van der Waals surface area (Å²) in [7, 11) is 0. The Bertz CT molecular complexity index is 1220. The van der Waals surface area contributed by atoms with E-state index in [0.717, 1.165) is 38.3 Å². The number of hydrogen-bond acceptors (Lipinski definition) is 3. The lowest BCUT2D eigenvalue weighted by atomic mass is 10.1. The van der Waals surface area contributed by atoms with E-state index >= 15 is 0 Å². The van der Waals surface area contributed by atoms with Gasteiger partial charge in [0.25, 0.3) is 11.1 Å². The van der Waals surface area contributed by atoms with Crippen LogP contribution in [0, 0.1) is 0 Å². The number of benzene rings is 2. The molecule has 1 aliphatic rings. The normalized spacial score (nSPS) is 15.9. The SMILES string of the molecule is CC(C)N1C(=O)S/C(=C\c2cn(Cc3ccc(Cl)cc3Cl)c3ccc(Br)cc23)C1=O. The van der Waals surface area contributed by atoms with Crippen molar-refractivity contribution in [2.45, 2.75) is 26.4 Å². The molecule has 1 fully saturated rings. The Kier molecular flexibility index (Phi) is 6.04. The van der Waals surface area contributed by atoms with E-state index in [1.54, 1.807) is 12.1 Å². The molecule has 2 aromatic carbocycles. The molecule has 1 aromatic heterocycles. The summed E-state index contributed by atoms with van der Waals surface area (Å²) in [6.45, 7) is 4.21. The Balaban J connectivity index is 1.79. The maximum absolute atomic E-state index is 12.7. The molecule has 0 spiro atoms. The van der Waals surface area contributed by atoms with E-state index in [-0.39, 0.29) is 17.2 Å². The van der Waals surface area contributed by atoms with Gasteiger partial charge in [0.2, 0.25) is 0 Å². The number of nitrogens with zero attached hydrogens (tertiary/aromatic N) is 2. The summed E-state index contributed by atoms with van der Waals surface area (Å²) < 4.78 is 3.01. The molecule has 1 saturated heterocycles. The molecular formula is C22H17BrCl2N2O2S. The molecule has 3 aromatic rings. The Labute approximate surface area is 196 Å². The molecular weight excluding hydrogens is 507 g/mol. The average Bonchev–Trinajstić information content (AvgIpc) is 3.14. The average molecular weight is 524 g/mol. The first-order valence-corrected chi connectivity index (χ1v) is 11.6. The number of fused-ring (bicyclic) bond motifs is 1. The van der Waals surface area contributed by atoms with Gasteiger partial charge >= 0.3 is 0 Å². The summed E-state index contributed by atoms with van der Waals surface area (Å²) in [4.78, 5) is 26.7. The van der Waals surface area contributed by atoms with Gasteiger partial charge in [0.15, 0.2) is 0 Å². The summed E-state index contributed by atoms with van der Waals surface area (Å²) >= 11 is 16.9. The second-order valence-electron chi connectivity index (χ2n) is 7.26. The first-order chi connectivity index (χ1) is 14.2. The number of carbonyl (C=O) groups excluding carboxylic acids is 2. The molecule has 0 saturated carbocycles. The van der Waals surface area contributed by atoms with Crippen LogP contribution in [0.3, 0.4) is 0 Å². The fraction of sp³-hybridized carbons (Fsp3) is 0.182. The van der Waals surface area contributed by atoms with Crippen LogP contribution in [0.2, 0.25) is 10.0 Å². The van der Waals surface area contributed by atoms with Gasteiger partial charge < -0.3 is 4.57 Å². The summed E-state index contributed by atoms with van der Waals surface area (Å²) in [6.07, 6.45) is 3.77. The molecule has 0 aliphatic carbocycles. The van der Waals surface area contributed by atoms with Crippen molar-refractivity contribution >= 4 is 79.0 Å². The van der Waals surface area contributed by atoms with E-state index in [2.05, 4.69) is 20.5 Å². The van der Waals surface area contributed by atoms with Gasteiger partial charge in [-0.05, 0) is 67.6 Å². The van der Waals surface area contributed by atoms with Gasteiger partial charge in [-0.15, -0.1) is 0 Å². The number of aromatic nitrogens is 1. The van der Waals surface area contributed by atoms with Crippen LogP contribution in [0.5, 0.6) is 0 Å². The quantitative estimate of drug-likeness (QED) is 0.339. The summed E-state index contributed by atoms with van der Waals surface area (Å²) in [5.41, 5.74) is 2.80. The maximum atomic E-state index is 12.7. The van der Waals surface area contributed by atoms with E-state index in [1.165, 1.54) is 4.90 Å². The van der Waals surface area contributed by atoms with Gasteiger partial charge in [0.05, 0.1) is 4.91 Å². The second kappa shape index (κ2) is 8.42. The monoisotopic (exact) mass is 522 g/mol. The molecule has 0 bridgehead atoms. The lowest BCUT2D eigenvalue weighted by Gasteiger charge is -2.16. The Morgan fingerprint density at radius 2 is 1.90 bits per heavy atom. The molecule has 8 heteroatoms. The van der Waals surface area contributed by atoms with Crippen LogP contribution in [0.1, 0.15) is 25.0 Å². The Morgan fingerprint density at radius 3 is 2.57 bits per heavy atom. The van der Waals surface area contributed by atoms with Crippen molar-refractivity contribution in [3.8, 4) is 0 Å². The number of rotatable bonds is 4. The van der Waals surface area contributed by atoms with Gasteiger partial charge in [-0.2, -0.15) is 0 Å². The molecule has 4 nitrogen and oxygen atoms in total. The highest BCUT2D eigenvalue weighted by Gasteiger charge is 2.36. The molecule has 2 heterocycles. The molecule has 0 radical (unpaired) electrons. The smallest absolute Gasteiger partial charge is 0.293 e. The molecule has 0 N–H and O–H groups in total. The van der Waals surface area contributed by atoms with Crippen molar-refractivity contribution in [3.63, 3.8) is 0 Å². The van der Waals surface area contributed by atoms with Gasteiger partial charge in [-0.3, -0.25) is 14.5 Å². The molecule has 2 amide bonds. The number of thioether (sulfide) groups is 1. The lowest BCUT2D eigenvalue weighted by molar-refractivity contribution is -0.123. The predicted octanol–water partition coefficient (Wildman–Crippen LogP) is 7.20. The third-order valence-electron chi connectivity index (χ3n) is 4.86. The van der Waals surface area contributed by atoms with Crippen LogP contribution >= 0.6 is 50.9 Å². The minimum Gasteiger partial charge on any atom is -0.342 e. The van der Waals surface area contributed by atoms with Crippen molar-refractivity contribution in [1.29, 1.82) is 0 Å². The fourth-order valence-corrected chi connectivity index (χ4v) is 5.22. The topological polar surface area (TPSA) is 42.3 Å². The van der Waals surface area contributed by atoms with E-state index in [4.69, 9.17) is 23.2 Å². The Hall–Kier alpha value is -1.73. The van der Waals surface area contributed by atoms with Crippen molar-refractivity contribution < 1.29 is 9.59 Å². The highest BCUT2D eigenvalue weighted by molar-refractivity contribution is 9.10. The van der Waals surface area contributed by atoms with Gasteiger partial charge in [-0.25, -0.2) is 0 Å². The first kappa shape index (κ1) is 21.5. The van der Waals surface area contributed by atoms with E-state index in [1.807, 2.05) is 50.4 Å². The van der Waals surface area contributed by atoms with E-state index in [9.17, 15) is 9.59 Å². The molecule has 0 unspecified atom stereocenters. The zero-order valence-electron chi connectivity index (χ0n) is 16.2. The molecule has 0 atom stereocenters. The van der Waals surface area contributed by atoms with Crippen LogP contribution in [-0.4, -0.2) is 26.7 Å². The summed E-state index contributed by atoms with van der Waals surface area (Å²) in [5, 5.41) is 1.93. The van der Waals surface area contributed by atoms with Crippen LogP contribution in [0.4, 0.5) is 4.79 Å². The summed E-state index contributed by atoms with van der Waals surface area (Å²) in [6, 6.07) is 11.3. The molecule has 4 rings (SSSR count). The lowest BCUT2D eigenvalue weighted by Crippen LogP contribution is -2.34. The predicted molar refractivity (Wildman–Crippen MR) is 128 cm³/mol. The van der Waals surface area contributed by atoms with Crippen molar-refractivity contribution in [1.82, 2.24) is 9.47 Å². The number of hydrogen-bond donors (Lipinski definition) is 0.